The Morgan fingerprint density at radius 1 is 0.853 bits per heavy atom. The molecule has 5 nitrogen and oxygen atoms in total. The number of hydrogen-bond acceptors (Lipinski definition) is 4. The number of carbonyl (C=O) groups is 1. The molecule has 34 heavy (non-hydrogen) atoms. The average Bonchev–Trinajstić information content (AvgIpc) is 2.86. The summed E-state index contributed by atoms with van der Waals surface area (Å²) < 4.78 is 0. The maximum atomic E-state index is 13.2. The van der Waals surface area contributed by atoms with Crippen molar-refractivity contribution in [1.82, 2.24) is 14.7 Å². The van der Waals surface area contributed by atoms with Crippen LogP contribution in [0.25, 0.3) is 0 Å². The van der Waals surface area contributed by atoms with Gasteiger partial charge in [0.05, 0.1) is 6.04 Å². The van der Waals surface area contributed by atoms with Crippen LogP contribution >= 0.6 is 0 Å². The van der Waals surface area contributed by atoms with Crippen molar-refractivity contribution in [2.75, 3.05) is 46.8 Å². The maximum Gasteiger partial charge on any atom is 0.248 e. The van der Waals surface area contributed by atoms with E-state index in [0.717, 1.165) is 37.3 Å². The van der Waals surface area contributed by atoms with Crippen molar-refractivity contribution in [3.05, 3.63) is 107 Å². The Bertz CT molecular complexity index is 1020. The second-order valence-corrected chi connectivity index (χ2v) is 9.57. The minimum absolute atomic E-state index is 0.0646. The van der Waals surface area contributed by atoms with Crippen LogP contribution in [0.1, 0.15) is 28.3 Å². The van der Waals surface area contributed by atoms with E-state index in [4.69, 9.17) is 5.73 Å². The molecule has 0 bridgehead atoms. The van der Waals surface area contributed by atoms with Gasteiger partial charge in [0, 0.05) is 46.8 Å². The summed E-state index contributed by atoms with van der Waals surface area (Å²) in [6, 6.07) is 29.7. The molecule has 4 rings (SSSR count). The summed E-state index contributed by atoms with van der Waals surface area (Å²) in [6.45, 7) is 6.10. The zero-order valence-electron chi connectivity index (χ0n) is 20.5. The van der Waals surface area contributed by atoms with E-state index in [1.807, 2.05) is 31.2 Å². The normalized spacial score (nSPS) is 16.9. The Morgan fingerprint density at radius 3 is 1.82 bits per heavy atom. The van der Waals surface area contributed by atoms with E-state index in [2.05, 4.69) is 70.5 Å². The van der Waals surface area contributed by atoms with E-state index in [0.29, 0.717) is 6.54 Å². The van der Waals surface area contributed by atoms with Crippen LogP contribution in [-0.4, -0.2) is 67.4 Å². The highest BCUT2D eigenvalue weighted by molar-refractivity contribution is 5.87. The standard InChI is InChI=1S/C29H36N4O/c1-23-14-16-26(17-15-23)29(30,28(34)31(2)3)22-32-18-20-33(21-19-32)27(24-10-6-4-7-11-24)25-12-8-5-9-13-25/h4-17,27H,18-22,30H2,1-3H3. The summed E-state index contributed by atoms with van der Waals surface area (Å²) in [5.74, 6) is -0.0646. The zero-order chi connectivity index (χ0) is 24.1. The quantitative estimate of drug-likeness (QED) is 0.590. The summed E-state index contributed by atoms with van der Waals surface area (Å²) in [7, 11) is 3.56. The molecule has 0 spiro atoms. The van der Waals surface area contributed by atoms with Crippen LogP contribution < -0.4 is 5.73 Å². The topological polar surface area (TPSA) is 52.8 Å². The maximum absolute atomic E-state index is 13.2. The molecule has 1 heterocycles. The van der Waals surface area contributed by atoms with Gasteiger partial charge in [-0.3, -0.25) is 14.6 Å². The number of amides is 1. The Hall–Kier alpha value is -2.99. The van der Waals surface area contributed by atoms with E-state index >= 15 is 0 Å². The number of nitrogens with zero attached hydrogens (tertiary/aromatic N) is 3. The molecule has 1 aliphatic rings. The first-order valence-corrected chi connectivity index (χ1v) is 12.0. The fourth-order valence-corrected chi connectivity index (χ4v) is 4.95. The fraction of sp³-hybridized carbons (Fsp3) is 0.345. The third kappa shape index (κ3) is 5.22. The molecule has 178 valence electrons. The third-order valence-electron chi connectivity index (χ3n) is 6.83. The van der Waals surface area contributed by atoms with Gasteiger partial charge in [-0.15, -0.1) is 0 Å². The van der Waals surface area contributed by atoms with Gasteiger partial charge in [0.2, 0.25) is 5.91 Å². The lowest BCUT2D eigenvalue weighted by molar-refractivity contribution is -0.135. The lowest BCUT2D eigenvalue weighted by Crippen LogP contribution is -2.60. The predicted molar refractivity (Wildman–Crippen MR) is 138 cm³/mol. The summed E-state index contributed by atoms with van der Waals surface area (Å²) >= 11 is 0. The molecule has 1 fully saturated rings. The minimum Gasteiger partial charge on any atom is -0.347 e. The van der Waals surface area contributed by atoms with Gasteiger partial charge in [-0.05, 0) is 23.6 Å². The van der Waals surface area contributed by atoms with Crippen LogP contribution in [-0.2, 0) is 10.3 Å². The van der Waals surface area contributed by atoms with Gasteiger partial charge in [-0.25, -0.2) is 0 Å². The number of likely N-dealkylation sites (N-methyl/N-ethyl adjacent to an activating group) is 1. The first-order valence-electron chi connectivity index (χ1n) is 12.0. The van der Waals surface area contributed by atoms with E-state index in [-0.39, 0.29) is 11.9 Å². The average molecular weight is 457 g/mol. The van der Waals surface area contributed by atoms with Crippen molar-refractivity contribution < 1.29 is 4.79 Å². The smallest absolute Gasteiger partial charge is 0.248 e. The largest absolute Gasteiger partial charge is 0.347 e. The molecule has 0 aliphatic carbocycles. The fourth-order valence-electron chi connectivity index (χ4n) is 4.95. The molecule has 5 heteroatoms. The number of benzene rings is 3. The summed E-state index contributed by atoms with van der Waals surface area (Å²) in [4.78, 5) is 19.7. The Balaban J connectivity index is 1.52. The van der Waals surface area contributed by atoms with Crippen molar-refractivity contribution in [2.24, 2.45) is 5.73 Å². The molecule has 1 saturated heterocycles. The molecule has 1 unspecified atom stereocenters. The molecule has 1 amide bonds. The molecule has 0 radical (unpaired) electrons. The van der Waals surface area contributed by atoms with Crippen molar-refractivity contribution >= 4 is 5.91 Å². The predicted octanol–water partition coefficient (Wildman–Crippen LogP) is 3.64. The Kier molecular flexibility index (Phi) is 7.47. The van der Waals surface area contributed by atoms with E-state index in [1.165, 1.54) is 11.1 Å². The lowest BCUT2D eigenvalue weighted by atomic mass is 9.88. The number of hydrogen-bond donors (Lipinski definition) is 1. The highest BCUT2D eigenvalue weighted by Gasteiger charge is 2.40. The van der Waals surface area contributed by atoms with E-state index in [9.17, 15) is 4.79 Å². The molecule has 0 saturated carbocycles. The molecule has 3 aromatic carbocycles. The van der Waals surface area contributed by atoms with Gasteiger partial charge in [0.25, 0.3) is 0 Å². The van der Waals surface area contributed by atoms with Gasteiger partial charge in [0.1, 0.15) is 5.54 Å². The monoisotopic (exact) mass is 456 g/mol. The summed E-state index contributed by atoms with van der Waals surface area (Å²) in [6.07, 6.45) is 0. The third-order valence-corrected chi connectivity index (χ3v) is 6.83. The molecule has 1 atom stereocenters. The van der Waals surface area contributed by atoms with E-state index < -0.39 is 5.54 Å². The SMILES string of the molecule is Cc1ccc(C(N)(CN2CCN(C(c3ccccc3)c3ccccc3)CC2)C(=O)N(C)C)cc1. The first kappa shape index (κ1) is 24.1. The van der Waals surface area contributed by atoms with Crippen molar-refractivity contribution in [3.63, 3.8) is 0 Å². The highest BCUT2D eigenvalue weighted by atomic mass is 16.2. The summed E-state index contributed by atoms with van der Waals surface area (Å²) in [5, 5.41) is 0. The molecular formula is C29H36N4O. The first-order chi connectivity index (χ1) is 16.4. The lowest BCUT2D eigenvalue weighted by Gasteiger charge is -2.43. The van der Waals surface area contributed by atoms with Gasteiger partial charge < -0.3 is 10.6 Å². The van der Waals surface area contributed by atoms with Crippen molar-refractivity contribution in [2.45, 2.75) is 18.5 Å². The highest BCUT2D eigenvalue weighted by Crippen LogP contribution is 2.30. The number of piperazine rings is 1. The second kappa shape index (κ2) is 10.5. The molecule has 2 N–H and O–H groups in total. The molecular weight excluding hydrogens is 420 g/mol. The van der Waals surface area contributed by atoms with Gasteiger partial charge in [-0.1, -0.05) is 90.5 Å². The van der Waals surface area contributed by atoms with Crippen LogP contribution in [0.15, 0.2) is 84.9 Å². The second-order valence-electron chi connectivity index (χ2n) is 9.57. The van der Waals surface area contributed by atoms with Crippen molar-refractivity contribution in [1.29, 1.82) is 0 Å². The van der Waals surface area contributed by atoms with Crippen LogP contribution in [0.2, 0.25) is 0 Å². The molecule has 3 aromatic rings. The number of carbonyl (C=O) groups excluding carboxylic acids is 1. The van der Waals surface area contributed by atoms with Crippen LogP contribution in [0.5, 0.6) is 0 Å². The number of nitrogens with two attached hydrogens (primary N) is 1. The molecule has 1 aliphatic heterocycles. The Labute approximate surface area is 203 Å². The van der Waals surface area contributed by atoms with Crippen molar-refractivity contribution in [3.8, 4) is 0 Å². The van der Waals surface area contributed by atoms with Crippen LogP contribution in [0.3, 0.4) is 0 Å². The van der Waals surface area contributed by atoms with E-state index in [1.54, 1.807) is 19.0 Å². The number of aryl methyl sites for hydroxylation is 1. The zero-order valence-corrected chi connectivity index (χ0v) is 20.5. The van der Waals surface area contributed by atoms with Gasteiger partial charge in [0.15, 0.2) is 0 Å². The molecule has 0 aromatic heterocycles. The minimum atomic E-state index is -1.07. The summed E-state index contributed by atoms with van der Waals surface area (Å²) in [5.41, 5.74) is 10.4. The van der Waals surface area contributed by atoms with Gasteiger partial charge in [-0.2, -0.15) is 0 Å². The van der Waals surface area contributed by atoms with Crippen LogP contribution in [0.4, 0.5) is 0 Å². The van der Waals surface area contributed by atoms with Crippen LogP contribution in [0, 0.1) is 6.92 Å². The number of rotatable bonds is 7. The Morgan fingerprint density at radius 2 is 1.35 bits per heavy atom. The van der Waals surface area contributed by atoms with Gasteiger partial charge >= 0.3 is 0 Å².